The van der Waals surface area contributed by atoms with E-state index in [2.05, 4.69) is 56.1 Å². The molecule has 2 aliphatic rings. The Balaban J connectivity index is 0.000000164. The lowest BCUT2D eigenvalue weighted by Gasteiger charge is -2.35. The number of amides is 2. The van der Waals surface area contributed by atoms with Gasteiger partial charge >= 0.3 is 13.2 Å². The third-order valence-corrected chi connectivity index (χ3v) is 12.5. The first-order valence-corrected chi connectivity index (χ1v) is 23.9. The molecule has 2 amide bonds. The van der Waals surface area contributed by atoms with Crippen LogP contribution in [0.3, 0.4) is 0 Å². The number of anilines is 2. The van der Waals surface area contributed by atoms with Gasteiger partial charge in [-0.05, 0) is 74.8 Å². The number of hydrogen-bond acceptors (Lipinski definition) is 15. The van der Waals surface area contributed by atoms with Crippen LogP contribution in [0.1, 0.15) is 52.1 Å². The average Bonchev–Trinajstić information content (AvgIpc) is 4.27. The highest BCUT2D eigenvalue weighted by atomic mass is 19.3. The number of aryl methyl sites for hydroxylation is 2. The molecule has 0 bridgehead atoms. The van der Waals surface area contributed by atoms with Crippen molar-refractivity contribution < 1.29 is 46.1 Å². The minimum absolute atomic E-state index is 0.121. The smallest absolute Gasteiger partial charge is 0.387 e. The maximum atomic E-state index is 13.3. The standard InChI is InChI=1S/C25H23F2N9O3.C25H22F2N8O3/c1-33-11-15(12-33)36-13-17(9-29-36)38-16-4-5-21(39-25(26)27)18(8-16)22-20(14-34(2)32-22)31-24(37)19-10-30-35-7-3-6-28-23(19)35;1-33-14-20(31-24(36)19-12-30-34-9-3-8-28-23(19)34)22(32-33)18-10-16(6-7-21(18)38-25(26)27)37-17-11-29-35(13-17)15-4-2-5-15/h3-10,13-15,25H,11-12H2,1-2H3,(H,31,37);3,6-15,25H,2,4-5H2,1H3,(H,31,36). The predicted octanol–water partition coefficient (Wildman–Crippen LogP) is 8.16. The molecule has 8 aromatic heterocycles. The minimum atomic E-state index is -3.07. The lowest BCUT2D eigenvalue weighted by molar-refractivity contribution is -0.0501. The van der Waals surface area contributed by atoms with Crippen LogP contribution in [0.5, 0.6) is 34.5 Å². The molecular formula is C50H45F4N17O6. The van der Waals surface area contributed by atoms with Crippen LogP contribution in [0.25, 0.3) is 33.8 Å². The fourth-order valence-corrected chi connectivity index (χ4v) is 8.73. The molecular weight excluding hydrogens is 1010 g/mol. The molecule has 1 saturated heterocycles. The molecule has 0 unspecified atom stereocenters. The van der Waals surface area contributed by atoms with E-state index in [4.69, 9.17) is 18.9 Å². The molecule has 23 nitrogen and oxygen atoms in total. The molecule has 2 aromatic carbocycles. The summed E-state index contributed by atoms with van der Waals surface area (Å²) in [6.45, 7) is -4.34. The number of fused-ring (bicyclic) bond motifs is 2. The van der Waals surface area contributed by atoms with E-state index < -0.39 is 25.0 Å². The van der Waals surface area contributed by atoms with Gasteiger partial charge in [0.2, 0.25) is 0 Å². The van der Waals surface area contributed by atoms with Crippen molar-refractivity contribution in [1.82, 2.24) is 73.2 Å². The Kier molecular flexibility index (Phi) is 13.5. The van der Waals surface area contributed by atoms with Crippen LogP contribution < -0.4 is 29.6 Å². The zero-order valence-corrected chi connectivity index (χ0v) is 41.1. The summed E-state index contributed by atoms with van der Waals surface area (Å²) < 4.78 is 84.1. The molecule has 1 saturated carbocycles. The molecule has 27 heteroatoms. The summed E-state index contributed by atoms with van der Waals surface area (Å²) in [7, 11) is 5.33. The Morgan fingerprint density at radius 3 is 1.49 bits per heavy atom. The van der Waals surface area contributed by atoms with E-state index in [1.54, 1.807) is 82.0 Å². The molecule has 9 heterocycles. The first-order valence-electron chi connectivity index (χ1n) is 23.9. The van der Waals surface area contributed by atoms with Crippen LogP contribution in [0, 0.1) is 0 Å². The van der Waals surface area contributed by atoms with Crippen LogP contribution >= 0.6 is 0 Å². The van der Waals surface area contributed by atoms with Gasteiger partial charge in [0, 0.05) is 64.4 Å². The van der Waals surface area contributed by atoms with Gasteiger partial charge in [-0.2, -0.15) is 48.2 Å². The van der Waals surface area contributed by atoms with Crippen molar-refractivity contribution in [3.05, 3.63) is 134 Å². The number of alkyl halides is 4. The maximum Gasteiger partial charge on any atom is 0.387 e. The van der Waals surface area contributed by atoms with E-state index in [1.807, 2.05) is 22.6 Å². The topological polar surface area (TPSA) is 230 Å². The molecule has 77 heavy (non-hydrogen) atoms. The third kappa shape index (κ3) is 10.7. The van der Waals surface area contributed by atoms with E-state index >= 15 is 0 Å². The van der Waals surface area contributed by atoms with Gasteiger partial charge < -0.3 is 34.5 Å². The Labute approximate surface area is 433 Å². The number of nitrogens with zero attached hydrogens (tertiary/aromatic N) is 15. The third-order valence-electron chi connectivity index (χ3n) is 12.5. The van der Waals surface area contributed by atoms with E-state index in [9.17, 15) is 27.2 Å². The second-order valence-electron chi connectivity index (χ2n) is 18.0. The van der Waals surface area contributed by atoms with Crippen LogP contribution in [0.15, 0.2) is 123 Å². The normalized spacial score (nSPS) is 13.8. The molecule has 2 fully saturated rings. The Morgan fingerprint density at radius 2 is 1.06 bits per heavy atom. The van der Waals surface area contributed by atoms with Gasteiger partial charge in [-0.3, -0.25) is 28.3 Å². The van der Waals surface area contributed by atoms with Gasteiger partial charge in [0.15, 0.2) is 22.8 Å². The van der Waals surface area contributed by atoms with Crippen molar-refractivity contribution in [2.45, 2.75) is 44.6 Å². The number of rotatable bonds is 16. The second-order valence-corrected chi connectivity index (χ2v) is 18.0. The Hall–Kier alpha value is -9.66. The highest BCUT2D eigenvalue weighted by Gasteiger charge is 2.28. The number of ether oxygens (including phenoxy) is 4. The van der Waals surface area contributed by atoms with Crippen molar-refractivity contribution in [2.24, 2.45) is 14.1 Å². The highest BCUT2D eigenvalue weighted by molar-refractivity contribution is 6.10. The van der Waals surface area contributed by atoms with Crippen molar-refractivity contribution >= 4 is 34.5 Å². The SMILES string of the molecule is CN1CC(n2cc(Oc3ccc(OC(F)F)c(-c4nn(C)cc4NC(=O)c4cnn5cccnc45)c3)cn2)C1.Cn1cc(NC(=O)c2cnn3cccnc23)c(-c2cc(Oc3cnn(C4CCC4)c3)ccc2OC(F)F)n1. The molecule has 1 aliphatic heterocycles. The van der Waals surface area contributed by atoms with Crippen LogP contribution in [-0.4, -0.2) is 118 Å². The summed E-state index contributed by atoms with van der Waals surface area (Å²) in [5, 5.41) is 31.4. The van der Waals surface area contributed by atoms with Gasteiger partial charge in [-0.1, -0.05) is 0 Å². The Bertz CT molecular complexity index is 3760. The number of carbonyl (C=O) groups excluding carboxylic acids is 2. The fraction of sp³-hybridized carbons (Fsp3) is 0.240. The second kappa shape index (κ2) is 20.9. The first-order chi connectivity index (χ1) is 37.3. The largest absolute Gasteiger partial charge is 0.454 e. The van der Waals surface area contributed by atoms with E-state index in [1.165, 1.54) is 73.6 Å². The Morgan fingerprint density at radius 1 is 0.597 bits per heavy atom. The van der Waals surface area contributed by atoms with Crippen LogP contribution in [0.2, 0.25) is 0 Å². The van der Waals surface area contributed by atoms with E-state index in [-0.39, 0.29) is 62.6 Å². The van der Waals surface area contributed by atoms with Crippen molar-refractivity contribution in [3.8, 4) is 57.0 Å². The molecule has 2 N–H and O–H groups in total. The van der Waals surface area contributed by atoms with Gasteiger partial charge in [0.1, 0.15) is 45.5 Å². The number of likely N-dealkylation sites (N-methyl/N-ethyl adjacent to an activating group) is 1. The van der Waals surface area contributed by atoms with Crippen molar-refractivity contribution in [2.75, 3.05) is 30.8 Å². The van der Waals surface area contributed by atoms with Crippen LogP contribution in [0.4, 0.5) is 28.9 Å². The summed E-state index contributed by atoms with van der Waals surface area (Å²) in [6, 6.07) is 12.9. The molecule has 0 spiro atoms. The molecule has 0 atom stereocenters. The number of carbonyl (C=O) groups is 2. The summed E-state index contributed by atoms with van der Waals surface area (Å²) in [5.74, 6) is 0.502. The number of halogens is 4. The maximum absolute atomic E-state index is 13.3. The highest BCUT2D eigenvalue weighted by Crippen LogP contribution is 2.41. The summed E-state index contributed by atoms with van der Waals surface area (Å²) in [4.78, 5) is 36.8. The van der Waals surface area contributed by atoms with Crippen molar-refractivity contribution in [1.29, 1.82) is 0 Å². The number of aromatic nitrogens is 14. The van der Waals surface area contributed by atoms with Crippen molar-refractivity contribution in [3.63, 3.8) is 0 Å². The quantitative estimate of drug-likeness (QED) is 0.0870. The molecule has 10 aromatic rings. The predicted molar refractivity (Wildman–Crippen MR) is 266 cm³/mol. The number of nitrogens with one attached hydrogen (secondary N) is 2. The molecule has 12 rings (SSSR count). The van der Waals surface area contributed by atoms with E-state index in [0.29, 0.717) is 40.3 Å². The summed E-state index contributed by atoms with van der Waals surface area (Å²) in [5.41, 5.74) is 2.62. The fourth-order valence-electron chi connectivity index (χ4n) is 8.73. The van der Waals surface area contributed by atoms with Gasteiger partial charge in [-0.25, -0.2) is 19.0 Å². The minimum Gasteiger partial charge on any atom is -0.454 e. The number of hydrogen-bond donors (Lipinski definition) is 2. The first kappa shape index (κ1) is 49.5. The van der Waals surface area contributed by atoms with Gasteiger partial charge in [0.25, 0.3) is 11.8 Å². The number of likely N-dealkylation sites (tertiary alicyclic amines) is 1. The lowest BCUT2D eigenvalue weighted by Crippen LogP contribution is -2.45. The summed E-state index contributed by atoms with van der Waals surface area (Å²) >= 11 is 0. The summed E-state index contributed by atoms with van der Waals surface area (Å²) in [6.07, 6.45) is 22.5. The van der Waals surface area contributed by atoms with Gasteiger partial charge in [-0.15, -0.1) is 0 Å². The number of benzene rings is 2. The molecule has 1 aliphatic carbocycles. The zero-order valence-electron chi connectivity index (χ0n) is 41.1. The molecule has 0 radical (unpaired) electrons. The van der Waals surface area contributed by atoms with Crippen LogP contribution in [-0.2, 0) is 14.1 Å². The average molecular weight is 1060 g/mol. The lowest BCUT2D eigenvalue weighted by atomic mass is 9.93. The van der Waals surface area contributed by atoms with E-state index in [0.717, 1.165) is 25.9 Å². The zero-order chi connectivity index (χ0) is 53.3. The molecule has 394 valence electrons. The monoisotopic (exact) mass is 1060 g/mol. The van der Waals surface area contributed by atoms with Gasteiger partial charge in [0.05, 0.1) is 71.8 Å².